The van der Waals surface area contributed by atoms with Crippen LogP contribution in [0.25, 0.3) is 0 Å². The molecule has 0 radical (unpaired) electrons. The largest absolute Gasteiger partial charge is 0.493 e. The molecule has 25 heavy (non-hydrogen) atoms. The smallest absolute Gasteiger partial charge is 0.134 e. The molecular weight excluding hydrogens is 330 g/mol. The van der Waals surface area contributed by atoms with E-state index in [1.165, 1.54) is 10.4 Å². The third kappa shape index (κ3) is 4.09. The van der Waals surface area contributed by atoms with Crippen molar-refractivity contribution in [3.05, 3.63) is 45.8 Å². The molecule has 130 valence electrons. The Kier molecular flexibility index (Phi) is 5.52. The second-order valence-electron chi connectivity index (χ2n) is 6.78. The summed E-state index contributed by atoms with van der Waals surface area (Å²) in [6.45, 7) is 6.83. The van der Waals surface area contributed by atoms with Gasteiger partial charge in [-0.1, -0.05) is 26.0 Å². The van der Waals surface area contributed by atoms with Gasteiger partial charge in [0.25, 0.3) is 0 Å². The van der Waals surface area contributed by atoms with Gasteiger partial charge in [0, 0.05) is 29.7 Å². The summed E-state index contributed by atoms with van der Waals surface area (Å²) in [4.78, 5) is 8.18. The Morgan fingerprint density at radius 2 is 2.20 bits per heavy atom. The SMILES string of the molecule is CC(C)COc1ccccc1C=Nc1sc2c(c1C#N)CCN(C)C2. The number of para-hydroxylation sites is 1. The molecule has 5 heteroatoms. The van der Waals surface area contributed by atoms with Gasteiger partial charge in [-0.05, 0) is 37.1 Å². The maximum absolute atomic E-state index is 9.57. The molecule has 0 fully saturated rings. The molecule has 4 nitrogen and oxygen atoms in total. The van der Waals surface area contributed by atoms with Crippen LogP contribution in [0.1, 0.15) is 35.4 Å². The van der Waals surface area contributed by atoms with Crippen LogP contribution >= 0.6 is 11.3 Å². The number of ether oxygens (including phenoxy) is 1. The first-order valence-electron chi connectivity index (χ1n) is 8.57. The Morgan fingerprint density at radius 1 is 1.40 bits per heavy atom. The Labute approximate surface area is 153 Å². The molecule has 0 bridgehead atoms. The van der Waals surface area contributed by atoms with Crippen LogP contribution in [-0.2, 0) is 13.0 Å². The number of nitrogens with zero attached hydrogens (tertiary/aromatic N) is 3. The average molecular weight is 353 g/mol. The minimum Gasteiger partial charge on any atom is -0.493 e. The lowest BCUT2D eigenvalue weighted by atomic mass is 10.0. The Morgan fingerprint density at radius 3 is 2.96 bits per heavy atom. The number of aliphatic imine (C=N–C) groups is 1. The first kappa shape index (κ1) is 17.7. The van der Waals surface area contributed by atoms with Gasteiger partial charge in [-0.3, -0.25) is 0 Å². The molecule has 2 heterocycles. The van der Waals surface area contributed by atoms with Gasteiger partial charge in [-0.15, -0.1) is 11.3 Å². The zero-order valence-corrected chi connectivity index (χ0v) is 15.8. The summed E-state index contributed by atoms with van der Waals surface area (Å²) in [6, 6.07) is 10.3. The highest BCUT2D eigenvalue weighted by molar-refractivity contribution is 7.16. The fourth-order valence-electron chi connectivity index (χ4n) is 2.83. The summed E-state index contributed by atoms with van der Waals surface area (Å²) in [5.74, 6) is 1.30. The van der Waals surface area contributed by atoms with E-state index < -0.39 is 0 Å². The van der Waals surface area contributed by atoms with Gasteiger partial charge >= 0.3 is 0 Å². The molecule has 0 amide bonds. The van der Waals surface area contributed by atoms with Crippen molar-refractivity contribution in [2.24, 2.45) is 10.9 Å². The molecule has 0 spiro atoms. The second kappa shape index (κ2) is 7.81. The summed E-state index contributed by atoms with van der Waals surface area (Å²) in [6.07, 6.45) is 2.74. The van der Waals surface area contributed by atoms with Crippen LogP contribution in [0.2, 0.25) is 0 Å². The van der Waals surface area contributed by atoms with Crippen LogP contribution in [0.5, 0.6) is 5.75 Å². The number of hydrogen-bond acceptors (Lipinski definition) is 5. The highest BCUT2D eigenvalue weighted by Crippen LogP contribution is 2.38. The molecule has 1 aliphatic heterocycles. The van der Waals surface area contributed by atoms with Crippen molar-refractivity contribution >= 4 is 22.6 Å². The quantitative estimate of drug-likeness (QED) is 0.749. The first-order chi connectivity index (χ1) is 12.1. The molecule has 3 rings (SSSR count). The van der Waals surface area contributed by atoms with Crippen molar-refractivity contribution in [1.29, 1.82) is 5.26 Å². The lowest BCUT2D eigenvalue weighted by Crippen LogP contribution is -2.25. The van der Waals surface area contributed by atoms with E-state index in [9.17, 15) is 5.26 Å². The third-order valence-corrected chi connectivity index (χ3v) is 5.28. The minimum atomic E-state index is 0.469. The maximum atomic E-state index is 9.57. The van der Waals surface area contributed by atoms with Gasteiger partial charge in [0.05, 0.1) is 12.2 Å². The summed E-state index contributed by atoms with van der Waals surface area (Å²) in [5, 5.41) is 10.4. The number of likely N-dealkylation sites (N-methyl/N-ethyl adjacent to an activating group) is 1. The number of thiophene rings is 1. The van der Waals surface area contributed by atoms with Crippen molar-refractivity contribution in [2.75, 3.05) is 20.2 Å². The maximum Gasteiger partial charge on any atom is 0.134 e. The molecular formula is C20H23N3OS. The normalized spacial score (nSPS) is 14.7. The number of fused-ring (bicyclic) bond motifs is 1. The Hall–Kier alpha value is -2.16. The molecule has 1 aromatic carbocycles. The van der Waals surface area contributed by atoms with Crippen molar-refractivity contribution in [3.63, 3.8) is 0 Å². The summed E-state index contributed by atoms with van der Waals surface area (Å²) < 4.78 is 5.88. The van der Waals surface area contributed by atoms with Crippen molar-refractivity contribution in [1.82, 2.24) is 4.90 Å². The lowest BCUT2D eigenvalue weighted by Gasteiger charge is -2.21. The van der Waals surface area contributed by atoms with E-state index in [0.717, 1.165) is 41.4 Å². The van der Waals surface area contributed by atoms with Crippen LogP contribution in [0.4, 0.5) is 5.00 Å². The third-order valence-electron chi connectivity index (χ3n) is 4.15. The van der Waals surface area contributed by atoms with E-state index >= 15 is 0 Å². The van der Waals surface area contributed by atoms with Crippen molar-refractivity contribution < 1.29 is 4.74 Å². The molecule has 1 aromatic heterocycles. The summed E-state index contributed by atoms with van der Waals surface area (Å²) in [7, 11) is 2.11. The van der Waals surface area contributed by atoms with Crippen molar-refractivity contribution in [3.8, 4) is 11.8 Å². The summed E-state index contributed by atoms with van der Waals surface area (Å²) in [5.41, 5.74) is 2.86. The van der Waals surface area contributed by atoms with Gasteiger partial charge in [-0.2, -0.15) is 5.26 Å². The molecule has 2 aromatic rings. The molecule has 0 saturated carbocycles. The van der Waals surface area contributed by atoms with Crippen LogP contribution < -0.4 is 4.74 Å². The molecule has 0 unspecified atom stereocenters. The minimum absolute atomic E-state index is 0.469. The second-order valence-corrected chi connectivity index (χ2v) is 7.87. The van der Waals surface area contributed by atoms with E-state index in [1.54, 1.807) is 11.3 Å². The Balaban J connectivity index is 1.87. The lowest BCUT2D eigenvalue weighted by molar-refractivity contribution is 0.271. The van der Waals surface area contributed by atoms with Gasteiger partial charge in [-0.25, -0.2) is 4.99 Å². The zero-order valence-electron chi connectivity index (χ0n) is 15.0. The van der Waals surface area contributed by atoms with Crippen LogP contribution in [0.15, 0.2) is 29.3 Å². The fraction of sp³-hybridized carbons (Fsp3) is 0.400. The van der Waals surface area contributed by atoms with E-state index in [0.29, 0.717) is 12.5 Å². The monoisotopic (exact) mass is 353 g/mol. The average Bonchev–Trinajstić information content (AvgIpc) is 2.95. The number of benzene rings is 1. The molecule has 0 aliphatic carbocycles. The topological polar surface area (TPSA) is 48.6 Å². The van der Waals surface area contributed by atoms with Gasteiger partial charge in [0.1, 0.15) is 16.8 Å². The number of hydrogen-bond donors (Lipinski definition) is 0. The van der Waals surface area contributed by atoms with E-state index in [2.05, 4.69) is 36.9 Å². The van der Waals surface area contributed by atoms with Gasteiger partial charge < -0.3 is 9.64 Å². The van der Waals surface area contributed by atoms with Gasteiger partial charge in [0.2, 0.25) is 0 Å². The van der Waals surface area contributed by atoms with Crippen LogP contribution in [0, 0.1) is 17.2 Å². The predicted octanol–water partition coefficient (Wildman–Crippen LogP) is 4.39. The van der Waals surface area contributed by atoms with Crippen LogP contribution in [-0.4, -0.2) is 31.3 Å². The molecule has 0 atom stereocenters. The first-order valence-corrected chi connectivity index (χ1v) is 9.39. The van der Waals surface area contributed by atoms with Gasteiger partial charge in [0.15, 0.2) is 0 Å². The number of nitriles is 1. The summed E-state index contributed by atoms with van der Waals surface area (Å²) >= 11 is 1.63. The number of rotatable bonds is 5. The van der Waals surface area contributed by atoms with E-state index in [-0.39, 0.29) is 0 Å². The molecule has 0 saturated heterocycles. The highest BCUT2D eigenvalue weighted by Gasteiger charge is 2.22. The highest BCUT2D eigenvalue weighted by atomic mass is 32.1. The van der Waals surface area contributed by atoms with E-state index in [1.807, 2.05) is 30.5 Å². The fourth-order valence-corrected chi connectivity index (χ4v) is 4.05. The zero-order chi connectivity index (χ0) is 17.8. The Bertz CT molecular complexity index is 817. The van der Waals surface area contributed by atoms with Crippen molar-refractivity contribution in [2.45, 2.75) is 26.8 Å². The predicted molar refractivity (Wildman–Crippen MR) is 103 cm³/mol. The molecule has 0 N–H and O–H groups in total. The van der Waals surface area contributed by atoms with E-state index in [4.69, 9.17) is 4.74 Å². The van der Waals surface area contributed by atoms with Crippen LogP contribution in [0.3, 0.4) is 0 Å². The standard InChI is InChI=1S/C20H23N3OS/c1-14(2)13-24-18-7-5-4-6-15(18)11-22-20-17(10-21)16-8-9-23(3)12-19(16)25-20/h4-7,11,14H,8-9,12-13H2,1-3H3. The molecule has 1 aliphatic rings.